The summed E-state index contributed by atoms with van der Waals surface area (Å²) in [5, 5.41) is 68.2. The molecule has 3 aliphatic heterocycles. The fourth-order valence-corrected chi connectivity index (χ4v) is 11.9. The summed E-state index contributed by atoms with van der Waals surface area (Å²) in [5.74, 6) is -2.44. The number of aromatic nitrogens is 3. The van der Waals surface area contributed by atoms with E-state index in [1.165, 1.54) is 14.0 Å². The van der Waals surface area contributed by atoms with Crippen molar-refractivity contribution in [1.82, 2.24) is 24.8 Å². The molecule has 0 spiro atoms. The van der Waals surface area contributed by atoms with Gasteiger partial charge in [-0.1, -0.05) is 43.3 Å². The molecule has 3 fully saturated rings. The number of hydrogen-bond donors (Lipinski definition) is 5. The van der Waals surface area contributed by atoms with Crippen LogP contribution in [0.1, 0.15) is 111 Å². The first kappa shape index (κ1) is 63.7. The van der Waals surface area contributed by atoms with Crippen LogP contribution in [-0.2, 0) is 50.9 Å². The van der Waals surface area contributed by atoms with Gasteiger partial charge in [0.15, 0.2) is 16.7 Å². The molecule has 78 heavy (non-hydrogen) atoms. The molecule has 20 nitrogen and oxygen atoms in total. The standard InChI is InChI=1S/C57H88IN5O15/c1-14-72-52(68)41-18-16-39(17-19-41)40-20-22-43(23-21-40)73-27-15-25-63-32-42(59-60-63)24-26-61(11)44-28-34(3)74-53(46(44)64)77-50-35(4)47(76-45-30-56(9,71-13)49(66)38(7)75-45)36(5)51(67)78-54(58)57(10,70)48(65)37(6)62(12)31-33(2)29-55(50,8)69/h16-23,32-38,44-50,53-54,64-66,69-70H,14-15,24-31H2,1-13H3/t33-,34-,35+,36-,37-,38+,44+,45+,46-,47+,48-,49+,50-,53+,54+,55-,56-,57+/m1/s1. The van der Waals surface area contributed by atoms with Gasteiger partial charge in [0.25, 0.3) is 0 Å². The third kappa shape index (κ3) is 15.8. The van der Waals surface area contributed by atoms with E-state index in [4.69, 9.17) is 37.9 Å². The summed E-state index contributed by atoms with van der Waals surface area (Å²) in [6, 6.07) is 14.1. The molecule has 2 aromatic carbocycles. The van der Waals surface area contributed by atoms with Crippen molar-refractivity contribution < 1.29 is 73.0 Å². The van der Waals surface area contributed by atoms with E-state index in [1.807, 2.05) is 105 Å². The molecular formula is C57H88IN5O15. The van der Waals surface area contributed by atoms with Crippen LogP contribution in [0.25, 0.3) is 11.1 Å². The number of methoxy groups -OCH3 is 1. The summed E-state index contributed by atoms with van der Waals surface area (Å²) in [6.07, 6.45) is -5.09. The van der Waals surface area contributed by atoms with Crippen LogP contribution in [0, 0.1) is 17.8 Å². The molecule has 3 saturated heterocycles. The number of nitrogens with zero attached hydrogens (tertiary/aromatic N) is 5. The number of ether oxygens (including phenoxy) is 8. The zero-order valence-corrected chi connectivity index (χ0v) is 50.0. The first-order valence-corrected chi connectivity index (χ1v) is 28.7. The number of carbonyl (C=O) groups is 2. The molecule has 6 rings (SSSR count). The van der Waals surface area contributed by atoms with Crippen molar-refractivity contribution in [2.75, 3.05) is 47.5 Å². The Kier molecular flexibility index (Phi) is 22.5. The molecular weight excluding hydrogens is 1120 g/mol. The molecule has 438 valence electrons. The van der Waals surface area contributed by atoms with Gasteiger partial charge >= 0.3 is 11.9 Å². The van der Waals surface area contributed by atoms with Crippen molar-refractivity contribution in [1.29, 1.82) is 0 Å². The van der Waals surface area contributed by atoms with Gasteiger partial charge < -0.3 is 73.2 Å². The topological polar surface area (TPSA) is 246 Å². The highest BCUT2D eigenvalue weighted by atomic mass is 127. The summed E-state index contributed by atoms with van der Waals surface area (Å²) < 4.78 is 49.8. The van der Waals surface area contributed by atoms with Crippen molar-refractivity contribution in [3.05, 3.63) is 66.0 Å². The van der Waals surface area contributed by atoms with Crippen LogP contribution in [0.5, 0.6) is 5.75 Å². The Morgan fingerprint density at radius 3 is 2.22 bits per heavy atom. The molecule has 1 aromatic heterocycles. The Morgan fingerprint density at radius 1 is 0.923 bits per heavy atom. The fraction of sp³-hybridized carbons (Fsp3) is 0.719. The minimum absolute atomic E-state index is 0.0944. The Balaban J connectivity index is 1.13. The summed E-state index contributed by atoms with van der Waals surface area (Å²) in [6.45, 7) is 19.8. The summed E-state index contributed by atoms with van der Waals surface area (Å²) in [5.41, 5.74) is -1.30. The lowest BCUT2D eigenvalue weighted by Crippen LogP contribution is -2.60. The number of benzene rings is 2. The van der Waals surface area contributed by atoms with Crippen molar-refractivity contribution in [2.24, 2.45) is 17.8 Å². The quantitative estimate of drug-likeness (QED) is 0.0491. The maximum atomic E-state index is 14.4. The van der Waals surface area contributed by atoms with Crippen LogP contribution in [0.4, 0.5) is 0 Å². The van der Waals surface area contributed by atoms with Crippen LogP contribution in [0.2, 0.25) is 0 Å². The third-order valence-corrected chi connectivity index (χ3v) is 17.7. The lowest BCUT2D eigenvalue weighted by Gasteiger charge is -2.49. The number of rotatable bonds is 17. The van der Waals surface area contributed by atoms with E-state index in [0.29, 0.717) is 57.7 Å². The molecule has 0 unspecified atom stereocenters. The number of likely N-dealkylation sites (N-methyl/N-ethyl adjacent to an activating group) is 2. The van der Waals surface area contributed by atoms with Crippen molar-refractivity contribution >= 4 is 34.5 Å². The highest BCUT2D eigenvalue weighted by molar-refractivity contribution is 14.1. The number of aryl methyl sites for hydroxylation is 1. The second kappa shape index (κ2) is 27.6. The first-order valence-electron chi connectivity index (χ1n) is 27.5. The number of carbonyl (C=O) groups excluding carboxylic acids is 2. The molecule has 0 saturated carbocycles. The number of hydrogen-bond acceptors (Lipinski definition) is 19. The molecule has 21 heteroatoms. The smallest absolute Gasteiger partial charge is 0.338 e. The van der Waals surface area contributed by atoms with Crippen molar-refractivity contribution in [3.8, 4) is 16.9 Å². The van der Waals surface area contributed by atoms with E-state index in [9.17, 15) is 35.1 Å². The number of aliphatic hydroxyl groups is 5. The maximum Gasteiger partial charge on any atom is 0.338 e. The zero-order valence-electron chi connectivity index (χ0n) is 47.9. The van der Waals surface area contributed by atoms with Gasteiger partial charge in [0.1, 0.15) is 29.7 Å². The molecule has 3 aliphatic rings. The van der Waals surface area contributed by atoms with Gasteiger partial charge in [-0.25, -0.2) is 4.79 Å². The third-order valence-electron chi connectivity index (χ3n) is 16.2. The Labute approximate surface area is 474 Å². The molecule has 0 aliphatic carbocycles. The number of aliphatic hydroxyl groups excluding tert-OH is 3. The molecule has 0 radical (unpaired) electrons. The summed E-state index contributed by atoms with van der Waals surface area (Å²) >= 11 is 1.83. The second-order valence-electron chi connectivity index (χ2n) is 22.8. The van der Waals surface area contributed by atoms with Gasteiger partial charge in [-0.2, -0.15) is 0 Å². The largest absolute Gasteiger partial charge is 0.494 e. The summed E-state index contributed by atoms with van der Waals surface area (Å²) in [4.78, 5) is 30.3. The lowest BCUT2D eigenvalue weighted by atomic mass is 9.77. The maximum absolute atomic E-state index is 14.4. The van der Waals surface area contributed by atoms with E-state index >= 15 is 0 Å². The number of halogens is 1. The van der Waals surface area contributed by atoms with E-state index < -0.39 is 100 Å². The first-order chi connectivity index (χ1) is 36.7. The average molecular weight is 1210 g/mol. The van der Waals surface area contributed by atoms with Gasteiger partial charge in [-0.15, -0.1) is 5.10 Å². The molecule has 5 N–H and O–H groups in total. The van der Waals surface area contributed by atoms with Gasteiger partial charge in [0, 0.05) is 70.2 Å². The van der Waals surface area contributed by atoms with Crippen LogP contribution in [-0.4, -0.2) is 198 Å². The normalized spacial score (nSPS) is 36.8. The SMILES string of the molecule is CCOC(=O)c1ccc(-c2ccc(OCCCn3cc(CCN(C)[C@H]4C[C@@H](C)O[C@@H](O[C@@H]5[C@@H](C)[C@H](O[C@H]6C[C@@](C)(OC)[C@@H](O)[C@H](C)O6)[C@@H](C)C(=O)O[C@H](I)[C@@](C)(O)[C@H](O)[C@@H](C)N(C)C[C@H](C)C[C@@]5(C)O)[C@@H]4O)nn3)cc2)cc1. The fourth-order valence-electron chi connectivity index (χ4n) is 11.3. The summed E-state index contributed by atoms with van der Waals surface area (Å²) in [7, 11) is 5.26. The van der Waals surface area contributed by atoms with E-state index in [2.05, 4.69) is 15.2 Å². The van der Waals surface area contributed by atoms with Crippen LogP contribution in [0.15, 0.2) is 54.7 Å². The van der Waals surface area contributed by atoms with E-state index in [1.54, 1.807) is 58.4 Å². The monoisotopic (exact) mass is 1210 g/mol. The number of esters is 2. The Morgan fingerprint density at radius 2 is 1.58 bits per heavy atom. The van der Waals surface area contributed by atoms with Crippen LogP contribution < -0.4 is 4.74 Å². The Hall–Kier alpha value is -3.43. The minimum atomic E-state index is -1.86. The van der Waals surface area contributed by atoms with Crippen LogP contribution >= 0.6 is 22.6 Å². The molecule has 0 bridgehead atoms. The van der Waals surface area contributed by atoms with Crippen molar-refractivity contribution in [3.63, 3.8) is 0 Å². The van der Waals surface area contributed by atoms with Gasteiger partial charge in [0.2, 0.25) is 0 Å². The van der Waals surface area contributed by atoms with Gasteiger partial charge in [0.05, 0.1) is 66.0 Å². The highest BCUT2D eigenvalue weighted by Gasteiger charge is 2.53. The predicted octanol–water partition coefficient (Wildman–Crippen LogP) is 5.40. The van der Waals surface area contributed by atoms with Crippen LogP contribution in [0.3, 0.4) is 0 Å². The minimum Gasteiger partial charge on any atom is -0.494 e. The molecule has 3 aromatic rings. The number of cyclic esters (lactones) is 1. The molecule has 18 atom stereocenters. The highest BCUT2D eigenvalue weighted by Crippen LogP contribution is 2.41. The Bertz CT molecular complexity index is 2360. The van der Waals surface area contributed by atoms with Gasteiger partial charge in [-0.3, -0.25) is 9.48 Å². The molecule has 4 heterocycles. The van der Waals surface area contributed by atoms with Gasteiger partial charge in [-0.05, 0) is 146 Å². The zero-order chi connectivity index (χ0) is 57.4. The average Bonchev–Trinajstić information content (AvgIpc) is 3.89. The number of alkyl halides is 1. The predicted molar refractivity (Wildman–Crippen MR) is 299 cm³/mol. The second-order valence-corrected chi connectivity index (χ2v) is 24.0. The van der Waals surface area contributed by atoms with E-state index in [0.717, 1.165) is 22.6 Å². The lowest BCUT2D eigenvalue weighted by molar-refractivity contribution is -0.318. The van der Waals surface area contributed by atoms with E-state index in [-0.39, 0.29) is 30.8 Å². The van der Waals surface area contributed by atoms with Crippen molar-refractivity contribution in [2.45, 2.75) is 196 Å². The molecule has 0 amide bonds.